The minimum absolute atomic E-state index is 0.218. The normalized spacial score (nSPS) is 28.2. The van der Waals surface area contributed by atoms with Gasteiger partial charge in [0.05, 0.1) is 0 Å². The lowest BCUT2D eigenvalue weighted by molar-refractivity contribution is -0.124. The molecule has 2 aliphatic carbocycles. The maximum absolute atomic E-state index is 11.8. The summed E-state index contributed by atoms with van der Waals surface area (Å²) in [4.78, 5) is 16.8. The first kappa shape index (κ1) is 14.3. The van der Waals surface area contributed by atoms with E-state index in [9.17, 15) is 4.79 Å². The summed E-state index contributed by atoms with van der Waals surface area (Å²) in [7, 11) is 0. The fourth-order valence-electron chi connectivity index (χ4n) is 3.12. The van der Waals surface area contributed by atoms with Gasteiger partial charge in [-0.1, -0.05) is 0 Å². The molecule has 5 nitrogen and oxygen atoms in total. The molecule has 0 aromatic carbocycles. The molecule has 5 heteroatoms. The van der Waals surface area contributed by atoms with Crippen LogP contribution in [0.2, 0.25) is 0 Å². The molecule has 0 spiro atoms. The van der Waals surface area contributed by atoms with Crippen LogP contribution in [0.25, 0.3) is 0 Å². The van der Waals surface area contributed by atoms with Crippen molar-refractivity contribution in [2.24, 2.45) is 11.7 Å². The number of nitrogens with two attached hydrogens (primary N) is 1. The molecule has 0 aromatic rings. The quantitative estimate of drug-likeness (QED) is 0.690. The first-order valence-electron chi connectivity index (χ1n) is 8.07. The van der Waals surface area contributed by atoms with Crippen molar-refractivity contribution in [2.75, 3.05) is 39.3 Å². The second kappa shape index (κ2) is 5.62. The number of nitrogens with one attached hydrogen (secondary N) is 1. The molecule has 1 aliphatic heterocycles. The highest BCUT2D eigenvalue weighted by molar-refractivity contribution is 5.84. The highest BCUT2D eigenvalue weighted by Gasteiger charge is 2.39. The average Bonchev–Trinajstić information content (AvgIpc) is 3.28. The molecule has 1 heterocycles. The Bertz CT molecular complexity index is 359. The Kier molecular flexibility index (Phi) is 4.02. The van der Waals surface area contributed by atoms with E-state index in [1.807, 2.05) is 6.92 Å². The Morgan fingerprint density at radius 2 is 1.75 bits per heavy atom. The Balaban J connectivity index is 1.47. The van der Waals surface area contributed by atoms with Gasteiger partial charge >= 0.3 is 0 Å². The van der Waals surface area contributed by atoms with E-state index in [0.29, 0.717) is 6.04 Å². The van der Waals surface area contributed by atoms with E-state index >= 15 is 0 Å². The van der Waals surface area contributed by atoms with Gasteiger partial charge in [-0.2, -0.15) is 0 Å². The van der Waals surface area contributed by atoms with Gasteiger partial charge in [0.1, 0.15) is 5.54 Å². The van der Waals surface area contributed by atoms with Crippen LogP contribution in [0, 0.1) is 5.92 Å². The van der Waals surface area contributed by atoms with Crippen LogP contribution < -0.4 is 11.1 Å². The zero-order valence-electron chi connectivity index (χ0n) is 12.6. The summed E-state index contributed by atoms with van der Waals surface area (Å²) >= 11 is 0. The summed E-state index contributed by atoms with van der Waals surface area (Å²) in [5.74, 6) is 0.749. The van der Waals surface area contributed by atoms with Gasteiger partial charge in [0.25, 0.3) is 0 Å². The Labute approximate surface area is 121 Å². The van der Waals surface area contributed by atoms with Crippen LogP contribution in [0.1, 0.15) is 32.6 Å². The number of hydrogen-bond acceptors (Lipinski definition) is 4. The zero-order chi connectivity index (χ0) is 14.2. The van der Waals surface area contributed by atoms with E-state index in [0.717, 1.165) is 38.6 Å². The van der Waals surface area contributed by atoms with Crippen LogP contribution in [0.5, 0.6) is 0 Å². The molecule has 1 unspecified atom stereocenters. The van der Waals surface area contributed by atoms with Crippen LogP contribution in [-0.2, 0) is 4.79 Å². The number of rotatable bonds is 7. The first-order valence-corrected chi connectivity index (χ1v) is 8.07. The number of nitrogens with zero attached hydrogens (tertiary/aromatic N) is 2. The van der Waals surface area contributed by atoms with E-state index < -0.39 is 5.54 Å². The molecular weight excluding hydrogens is 252 g/mol. The maximum Gasteiger partial charge on any atom is 0.238 e. The largest absolute Gasteiger partial charge is 0.368 e. The predicted molar refractivity (Wildman–Crippen MR) is 79.4 cm³/mol. The van der Waals surface area contributed by atoms with Crippen LogP contribution >= 0.6 is 0 Å². The van der Waals surface area contributed by atoms with Crippen molar-refractivity contribution in [3.05, 3.63) is 0 Å². The molecular formula is C15H28N4O. The van der Waals surface area contributed by atoms with E-state index in [1.165, 1.54) is 32.2 Å². The fourth-order valence-corrected chi connectivity index (χ4v) is 3.12. The SMILES string of the molecule is CC(CN1CCN(CC2CC2)CC1)(NC1CC1)C(N)=O. The number of amides is 1. The van der Waals surface area contributed by atoms with Crippen molar-refractivity contribution in [1.29, 1.82) is 0 Å². The lowest BCUT2D eigenvalue weighted by Crippen LogP contribution is -2.62. The lowest BCUT2D eigenvalue weighted by Gasteiger charge is -2.39. The summed E-state index contributed by atoms with van der Waals surface area (Å²) < 4.78 is 0. The molecule has 20 heavy (non-hydrogen) atoms. The van der Waals surface area contributed by atoms with Crippen LogP contribution in [0.15, 0.2) is 0 Å². The second-order valence-electron chi connectivity index (χ2n) is 7.14. The molecule has 1 saturated heterocycles. The number of piperazine rings is 1. The summed E-state index contributed by atoms with van der Waals surface area (Å²) in [5.41, 5.74) is 5.06. The van der Waals surface area contributed by atoms with Crippen molar-refractivity contribution >= 4 is 5.91 Å². The molecule has 1 amide bonds. The highest BCUT2D eigenvalue weighted by atomic mass is 16.1. The van der Waals surface area contributed by atoms with Gasteiger partial charge in [-0.25, -0.2) is 0 Å². The van der Waals surface area contributed by atoms with Gasteiger partial charge in [-0.05, 0) is 38.5 Å². The van der Waals surface area contributed by atoms with Gasteiger partial charge < -0.3 is 10.6 Å². The molecule has 3 fully saturated rings. The molecule has 0 aromatic heterocycles. The minimum atomic E-state index is -0.570. The number of primary amides is 1. The summed E-state index contributed by atoms with van der Waals surface area (Å²) in [6.07, 6.45) is 5.20. The van der Waals surface area contributed by atoms with E-state index in [-0.39, 0.29) is 5.91 Å². The van der Waals surface area contributed by atoms with Gasteiger partial charge in [0.2, 0.25) is 5.91 Å². The van der Waals surface area contributed by atoms with Crippen molar-refractivity contribution in [3.8, 4) is 0 Å². The third-order valence-corrected chi connectivity index (χ3v) is 4.86. The topological polar surface area (TPSA) is 61.6 Å². The van der Waals surface area contributed by atoms with Crippen LogP contribution in [-0.4, -0.2) is 66.6 Å². The first-order chi connectivity index (χ1) is 9.55. The molecule has 114 valence electrons. The molecule has 0 bridgehead atoms. The third kappa shape index (κ3) is 3.71. The Hall–Kier alpha value is -0.650. The molecule has 3 aliphatic rings. The maximum atomic E-state index is 11.8. The minimum Gasteiger partial charge on any atom is -0.368 e. The van der Waals surface area contributed by atoms with Gasteiger partial charge in [-0.15, -0.1) is 0 Å². The zero-order valence-corrected chi connectivity index (χ0v) is 12.6. The van der Waals surface area contributed by atoms with Crippen LogP contribution in [0.4, 0.5) is 0 Å². The monoisotopic (exact) mass is 280 g/mol. The highest BCUT2D eigenvalue weighted by Crippen LogP contribution is 2.30. The fraction of sp³-hybridized carbons (Fsp3) is 0.933. The lowest BCUT2D eigenvalue weighted by atomic mass is 10.00. The second-order valence-corrected chi connectivity index (χ2v) is 7.14. The molecule has 3 N–H and O–H groups in total. The van der Waals surface area contributed by atoms with Crippen molar-refractivity contribution in [1.82, 2.24) is 15.1 Å². The van der Waals surface area contributed by atoms with E-state index in [2.05, 4.69) is 15.1 Å². The van der Waals surface area contributed by atoms with Gasteiger partial charge in [-0.3, -0.25) is 15.0 Å². The third-order valence-electron chi connectivity index (χ3n) is 4.86. The standard InChI is InChI=1S/C15H28N4O/c1-15(14(16)20,17-13-4-5-13)11-19-8-6-18(7-9-19)10-12-2-3-12/h12-13,17H,2-11H2,1H3,(H2,16,20). The smallest absolute Gasteiger partial charge is 0.238 e. The summed E-state index contributed by atoms with van der Waals surface area (Å²) in [5, 5.41) is 3.44. The van der Waals surface area contributed by atoms with Crippen LogP contribution in [0.3, 0.4) is 0 Å². The molecule has 3 rings (SSSR count). The Morgan fingerprint density at radius 1 is 1.15 bits per heavy atom. The van der Waals surface area contributed by atoms with Gasteiger partial charge in [0.15, 0.2) is 0 Å². The van der Waals surface area contributed by atoms with Crippen molar-refractivity contribution in [2.45, 2.75) is 44.2 Å². The van der Waals surface area contributed by atoms with E-state index in [4.69, 9.17) is 5.73 Å². The molecule has 1 atom stereocenters. The summed E-state index contributed by atoms with van der Waals surface area (Å²) in [6, 6.07) is 0.503. The van der Waals surface area contributed by atoms with E-state index in [1.54, 1.807) is 0 Å². The van der Waals surface area contributed by atoms with Crippen molar-refractivity contribution < 1.29 is 4.79 Å². The number of carbonyl (C=O) groups is 1. The van der Waals surface area contributed by atoms with Gasteiger partial charge in [0, 0.05) is 45.3 Å². The molecule has 0 radical (unpaired) electrons. The summed E-state index contributed by atoms with van der Waals surface area (Å²) in [6.45, 7) is 8.37. The number of carbonyl (C=O) groups excluding carboxylic acids is 1. The average molecular weight is 280 g/mol. The molecule has 2 saturated carbocycles. The van der Waals surface area contributed by atoms with Crippen molar-refractivity contribution in [3.63, 3.8) is 0 Å². The Morgan fingerprint density at radius 3 is 2.25 bits per heavy atom. The number of hydrogen-bond donors (Lipinski definition) is 2. The predicted octanol–water partition coefficient (Wildman–Crippen LogP) is 0.0100.